The SMILES string of the molecule is CCCSc1cc(OC)c(CC(C)N)cc1OC. The van der Waals surface area contributed by atoms with Crippen molar-refractivity contribution in [2.24, 2.45) is 5.73 Å². The zero-order chi connectivity index (χ0) is 13.5. The van der Waals surface area contributed by atoms with Crippen LogP contribution < -0.4 is 15.2 Å². The molecule has 0 heterocycles. The summed E-state index contributed by atoms with van der Waals surface area (Å²) in [5.41, 5.74) is 6.96. The Morgan fingerprint density at radius 3 is 2.39 bits per heavy atom. The van der Waals surface area contributed by atoms with Gasteiger partial charge in [-0.2, -0.15) is 0 Å². The fourth-order valence-corrected chi connectivity index (χ4v) is 2.66. The fraction of sp³-hybridized carbons (Fsp3) is 0.571. The highest BCUT2D eigenvalue weighted by Crippen LogP contribution is 2.36. The molecule has 0 amide bonds. The molecule has 1 aromatic rings. The predicted molar refractivity (Wildman–Crippen MR) is 77.9 cm³/mol. The van der Waals surface area contributed by atoms with Gasteiger partial charge in [-0.25, -0.2) is 0 Å². The summed E-state index contributed by atoms with van der Waals surface area (Å²) in [6.45, 7) is 4.16. The van der Waals surface area contributed by atoms with E-state index in [0.717, 1.165) is 40.6 Å². The number of methoxy groups -OCH3 is 2. The normalized spacial score (nSPS) is 12.3. The van der Waals surface area contributed by atoms with Crippen LogP contribution in [0.1, 0.15) is 25.8 Å². The fourth-order valence-electron chi connectivity index (χ4n) is 1.76. The average molecular weight is 269 g/mol. The Hall–Kier alpha value is -0.870. The highest BCUT2D eigenvalue weighted by Gasteiger charge is 2.12. The second-order valence-corrected chi connectivity index (χ2v) is 5.48. The molecule has 0 fully saturated rings. The van der Waals surface area contributed by atoms with E-state index in [1.165, 1.54) is 0 Å². The summed E-state index contributed by atoms with van der Waals surface area (Å²) in [4.78, 5) is 1.13. The van der Waals surface area contributed by atoms with Crippen LogP contribution in [0.4, 0.5) is 0 Å². The zero-order valence-electron chi connectivity index (χ0n) is 11.7. The Morgan fingerprint density at radius 1 is 1.22 bits per heavy atom. The second-order valence-electron chi connectivity index (χ2n) is 4.34. The zero-order valence-corrected chi connectivity index (χ0v) is 12.5. The molecule has 0 aliphatic heterocycles. The van der Waals surface area contributed by atoms with Crippen LogP contribution >= 0.6 is 11.8 Å². The molecule has 1 atom stereocenters. The van der Waals surface area contributed by atoms with Gasteiger partial charge >= 0.3 is 0 Å². The van der Waals surface area contributed by atoms with Crippen molar-refractivity contribution in [2.75, 3.05) is 20.0 Å². The Morgan fingerprint density at radius 2 is 1.89 bits per heavy atom. The molecule has 18 heavy (non-hydrogen) atoms. The van der Waals surface area contributed by atoms with Crippen molar-refractivity contribution >= 4 is 11.8 Å². The van der Waals surface area contributed by atoms with Crippen molar-refractivity contribution in [2.45, 2.75) is 37.6 Å². The molecule has 0 spiro atoms. The molecule has 4 heteroatoms. The van der Waals surface area contributed by atoms with Gasteiger partial charge in [0, 0.05) is 6.04 Å². The molecule has 0 bridgehead atoms. The lowest BCUT2D eigenvalue weighted by Crippen LogP contribution is -2.18. The van der Waals surface area contributed by atoms with Gasteiger partial charge in [0.05, 0.1) is 19.1 Å². The van der Waals surface area contributed by atoms with Crippen molar-refractivity contribution in [3.63, 3.8) is 0 Å². The summed E-state index contributed by atoms with van der Waals surface area (Å²) in [7, 11) is 3.40. The molecule has 2 N–H and O–H groups in total. The number of nitrogens with two attached hydrogens (primary N) is 1. The Labute approximate surface area is 114 Å². The van der Waals surface area contributed by atoms with Crippen LogP contribution in [-0.4, -0.2) is 26.0 Å². The maximum Gasteiger partial charge on any atom is 0.132 e. The number of thioether (sulfide) groups is 1. The van der Waals surface area contributed by atoms with Crippen molar-refractivity contribution < 1.29 is 9.47 Å². The van der Waals surface area contributed by atoms with E-state index in [0.29, 0.717) is 0 Å². The van der Waals surface area contributed by atoms with E-state index in [1.807, 2.05) is 13.0 Å². The second kappa shape index (κ2) is 7.54. The van der Waals surface area contributed by atoms with E-state index in [-0.39, 0.29) is 6.04 Å². The first-order valence-corrected chi connectivity index (χ1v) is 7.24. The molecule has 0 aliphatic rings. The van der Waals surface area contributed by atoms with Crippen molar-refractivity contribution in [1.29, 1.82) is 0 Å². The largest absolute Gasteiger partial charge is 0.496 e. The minimum Gasteiger partial charge on any atom is -0.496 e. The monoisotopic (exact) mass is 269 g/mol. The van der Waals surface area contributed by atoms with Gasteiger partial charge < -0.3 is 15.2 Å². The summed E-state index contributed by atoms with van der Waals surface area (Å²) < 4.78 is 10.9. The number of hydrogen-bond donors (Lipinski definition) is 1. The maximum atomic E-state index is 5.86. The van der Waals surface area contributed by atoms with E-state index < -0.39 is 0 Å². The van der Waals surface area contributed by atoms with Crippen LogP contribution in [0, 0.1) is 0 Å². The van der Waals surface area contributed by atoms with Crippen molar-refractivity contribution in [1.82, 2.24) is 0 Å². The first-order chi connectivity index (χ1) is 8.62. The lowest BCUT2D eigenvalue weighted by atomic mass is 10.1. The highest BCUT2D eigenvalue weighted by molar-refractivity contribution is 7.99. The molecular formula is C14H23NO2S. The van der Waals surface area contributed by atoms with Gasteiger partial charge in [0.2, 0.25) is 0 Å². The van der Waals surface area contributed by atoms with Crippen LogP contribution in [0.15, 0.2) is 17.0 Å². The lowest BCUT2D eigenvalue weighted by Gasteiger charge is -2.15. The summed E-state index contributed by atoms with van der Waals surface area (Å²) in [5.74, 6) is 2.88. The maximum absolute atomic E-state index is 5.86. The van der Waals surface area contributed by atoms with Crippen molar-refractivity contribution in [3.05, 3.63) is 17.7 Å². The number of hydrogen-bond acceptors (Lipinski definition) is 4. The van der Waals surface area contributed by atoms with Gasteiger partial charge in [0.25, 0.3) is 0 Å². The molecule has 0 aliphatic carbocycles. The Balaban J connectivity index is 3.06. The average Bonchev–Trinajstić information content (AvgIpc) is 2.35. The number of benzene rings is 1. The van der Waals surface area contributed by atoms with Crippen molar-refractivity contribution in [3.8, 4) is 11.5 Å². The van der Waals surface area contributed by atoms with E-state index in [9.17, 15) is 0 Å². The van der Waals surface area contributed by atoms with Crippen LogP contribution in [0.5, 0.6) is 11.5 Å². The molecular weight excluding hydrogens is 246 g/mol. The number of rotatable bonds is 7. The molecule has 102 valence electrons. The Bertz CT molecular complexity index is 380. The first-order valence-electron chi connectivity index (χ1n) is 6.25. The van der Waals surface area contributed by atoms with Crippen LogP contribution in [0.3, 0.4) is 0 Å². The molecule has 3 nitrogen and oxygen atoms in total. The van der Waals surface area contributed by atoms with Crippen LogP contribution in [-0.2, 0) is 6.42 Å². The predicted octanol–water partition coefficient (Wildman–Crippen LogP) is 3.10. The van der Waals surface area contributed by atoms with Gasteiger partial charge in [-0.05, 0) is 43.2 Å². The standard InChI is InChI=1S/C14H23NO2S/c1-5-6-18-14-9-12(16-3)11(7-10(2)15)8-13(14)17-4/h8-10H,5-7,15H2,1-4H3. The molecule has 1 aromatic carbocycles. The lowest BCUT2D eigenvalue weighted by molar-refractivity contribution is 0.389. The van der Waals surface area contributed by atoms with Gasteiger partial charge in [-0.1, -0.05) is 6.92 Å². The third-order valence-corrected chi connectivity index (χ3v) is 3.81. The molecule has 0 saturated carbocycles. The van der Waals surface area contributed by atoms with E-state index in [2.05, 4.69) is 13.0 Å². The molecule has 1 unspecified atom stereocenters. The molecule has 0 radical (unpaired) electrons. The van der Waals surface area contributed by atoms with Gasteiger partial charge in [0.1, 0.15) is 11.5 Å². The molecule has 0 aromatic heterocycles. The summed E-state index contributed by atoms with van der Waals surface area (Å²) >= 11 is 1.79. The Kier molecular flexibility index (Phi) is 6.36. The summed E-state index contributed by atoms with van der Waals surface area (Å²) in [5, 5.41) is 0. The smallest absolute Gasteiger partial charge is 0.132 e. The van der Waals surface area contributed by atoms with E-state index in [1.54, 1.807) is 26.0 Å². The van der Waals surface area contributed by atoms with Gasteiger partial charge in [0.15, 0.2) is 0 Å². The van der Waals surface area contributed by atoms with Crippen LogP contribution in [0.25, 0.3) is 0 Å². The van der Waals surface area contributed by atoms with Gasteiger partial charge in [-0.3, -0.25) is 0 Å². The number of ether oxygens (including phenoxy) is 2. The minimum atomic E-state index is 0.109. The van der Waals surface area contributed by atoms with E-state index in [4.69, 9.17) is 15.2 Å². The van der Waals surface area contributed by atoms with Crippen LogP contribution in [0.2, 0.25) is 0 Å². The summed E-state index contributed by atoms with van der Waals surface area (Å²) in [6, 6.07) is 4.20. The highest BCUT2D eigenvalue weighted by atomic mass is 32.2. The quantitative estimate of drug-likeness (QED) is 0.773. The minimum absolute atomic E-state index is 0.109. The summed E-state index contributed by atoms with van der Waals surface area (Å²) in [6.07, 6.45) is 1.93. The topological polar surface area (TPSA) is 44.5 Å². The molecule has 1 rings (SSSR count). The van der Waals surface area contributed by atoms with Gasteiger partial charge in [-0.15, -0.1) is 11.8 Å². The third kappa shape index (κ3) is 4.10. The first kappa shape index (κ1) is 15.2. The third-order valence-electron chi connectivity index (χ3n) is 2.57. The molecule has 0 saturated heterocycles. The van der Waals surface area contributed by atoms with E-state index >= 15 is 0 Å².